The summed E-state index contributed by atoms with van der Waals surface area (Å²) in [5.41, 5.74) is 12.2. The zero-order valence-corrected chi connectivity index (χ0v) is 29.7. The molecule has 0 saturated heterocycles. The number of fused-ring (bicyclic) bond motifs is 8. The maximum Gasteiger partial charge on any atom is 0.227 e. The second-order valence-corrected chi connectivity index (χ2v) is 14.0. The van der Waals surface area contributed by atoms with Crippen LogP contribution >= 0.6 is 0 Å². The smallest absolute Gasteiger partial charge is 0.227 e. The third-order valence-electron chi connectivity index (χ3n) is 10.7. The number of anilines is 3. The highest BCUT2D eigenvalue weighted by Gasteiger charge is 2.17. The van der Waals surface area contributed by atoms with Crippen molar-refractivity contribution >= 4 is 71.6 Å². The second-order valence-electron chi connectivity index (χ2n) is 14.0. The monoisotopic (exact) mass is 704 g/mol. The number of nitrogens with zero attached hydrogens (tertiary/aromatic N) is 2. The predicted octanol–water partition coefficient (Wildman–Crippen LogP) is 14.5. The number of furan rings is 1. The van der Waals surface area contributed by atoms with Crippen LogP contribution in [0.2, 0.25) is 0 Å². The number of benzene rings is 9. The van der Waals surface area contributed by atoms with E-state index >= 15 is 0 Å². The Morgan fingerprint density at radius 1 is 0.364 bits per heavy atom. The van der Waals surface area contributed by atoms with Gasteiger partial charge < -0.3 is 13.7 Å². The van der Waals surface area contributed by atoms with Crippen molar-refractivity contribution in [1.29, 1.82) is 0 Å². The van der Waals surface area contributed by atoms with Gasteiger partial charge in [0, 0.05) is 38.8 Å². The average Bonchev–Trinajstić information content (AvgIpc) is 3.86. The van der Waals surface area contributed by atoms with Gasteiger partial charge in [0.15, 0.2) is 5.58 Å². The van der Waals surface area contributed by atoms with Gasteiger partial charge in [0.05, 0.1) is 0 Å². The Bertz CT molecular complexity index is 3200. The highest BCUT2D eigenvalue weighted by molar-refractivity contribution is 6.18. The SMILES string of the molecule is c1ccc(-c2nc3ccc4ccc5ccc(-c6cccc(N(c7ccccc7)c7ccc(-c8ccc9oc%10ccccc%10c9c8)cc7)c6)cc5c4c3o2)cc1. The van der Waals surface area contributed by atoms with Crippen molar-refractivity contribution in [3.63, 3.8) is 0 Å². The van der Waals surface area contributed by atoms with E-state index in [2.05, 4.69) is 157 Å². The lowest BCUT2D eigenvalue weighted by Gasteiger charge is -2.26. The van der Waals surface area contributed by atoms with Crippen molar-refractivity contribution in [3.8, 4) is 33.7 Å². The molecule has 4 nitrogen and oxygen atoms in total. The number of aromatic nitrogens is 1. The van der Waals surface area contributed by atoms with Gasteiger partial charge in [0.2, 0.25) is 5.89 Å². The van der Waals surface area contributed by atoms with Crippen LogP contribution < -0.4 is 4.90 Å². The van der Waals surface area contributed by atoms with Gasteiger partial charge in [-0.1, -0.05) is 115 Å². The van der Waals surface area contributed by atoms with Gasteiger partial charge in [0.25, 0.3) is 0 Å². The minimum atomic E-state index is 0.630. The average molecular weight is 705 g/mol. The van der Waals surface area contributed by atoms with Gasteiger partial charge in [-0.15, -0.1) is 0 Å². The standard InChI is InChI=1S/C51H32N2O2/c1-3-10-36(11-4-1)51-52-46-28-24-35-20-18-34-19-21-39(31-44(34)49(35)50(46)55-51)37-12-9-15-42(30-37)53(40-13-5-2-6-14-40)41-26-22-33(23-27-41)38-25-29-48-45(32-38)43-16-7-8-17-47(43)54-48/h1-32H. The molecular formula is C51H32N2O2. The summed E-state index contributed by atoms with van der Waals surface area (Å²) in [6.07, 6.45) is 0. The van der Waals surface area contributed by atoms with Crippen molar-refractivity contribution in [2.75, 3.05) is 4.90 Å². The number of oxazole rings is 1. The quantitative estimate of drug-likeness (QED) is 0.162. The minimum Gasteiger partial charge on any atom is -0.456 e. The number of rotatable bonds is 6. The van der Waals surface area contributed by atoms with E-state index in [1.165, 1.54) is 0 Å². The molecular weight excluding hydrogens is 673 g/mol. The molecule has 0 spiro atoms. The molecule has 4 heteroatoms. The Hall–Kier alpha value is -7.43. The van der Waals surface area contributed by atoms with E-state index in [9.17, 15) is 0 Å². The van der Waals surface area contributed by atoms with Gasteiger partial charge in [-0.05, 0) is 117 Å². The molecule has 11 rings (SSSR count). The Labute approximate surface area is 317 Å². The largest absolute Gasteiger partial charge is 0.456 e. The minimum absolute atomic E-state index is 0.630. The van der Waals surface area contributed by atoms with Gasteiger partial charge in [-0.25, -0.2) is 4.98 Å². The van der Waals surface area contributed by atoms with E-state index in [4.69, 9.17) is 13.8 Å². The molecule has 0 saturated carbocycles. The van der Waals surface area contributed by atoms with E-state index in [0.717, 1.165) is 99.5 Å². The Morgan fingerprint density at radius 2 is 0.964 bits per heavy atom. The summed E-state index contributed by atoms with van der Waals surface area (Å²) < 4.78 is 12.6. The predicted molar refractivity (Wildman–Crippen MR) is 227 cm³/mol. The maximum absolute atomic E-state index is 6.52. The second kappa shape index (κ2) is 12.6. The third-order valence-corrected chi connectivity index (χ3v) is 10.7. The first kappa shape index (κ1) is 31.1. The molecule has 0 aliphatic rings. The molecule has 0 N–H and O–H groups in total. The summed E-state index contributed by atoms with van der Waals surface area (Å²) in [7, 11) is 0. The van der Waals surface area contributed by atoms with Crippen LogP contribution in [0.15, 0.2) is 203 Å². The molecule has 0 radical (unpaired) electrons. The fourth-order valence-corrected chi connectivity index (χ4v) is 7.96. The van der Waals surface area contributed by atoms with E-state index < -0.39 is 0 Å². The van der Waals surface area contributed by atoms with Crippen LogP contribution in [0.3, 0.4) is 0 Å². The molecule has 0 bridgehead atoms. The van der Waals surface area contributed by atoms with Gasteiger partial charge in [-0.3, -0.25) is 0 Å². The number of hydrogen-bond donors (Lipinski definition) is 0. The van der Waals surface area contributed by atoms with E-state index in [0.29, 0.717) is 5.89 Å². The first-order valence-corrected chi connectivity index (χ1v) is 18.5. The van der Waals surface area contributed by atoms with Crippen molar-refractivity contribution < 1.29 is 8.83 Å². The topological polar surface area (TPSA) is 42.4 Å². The number of para-hydroxylation sites is 2. The highest BCUT2D eigenvalue weighted by Crippen LogP contribution is 2.40. The molecule has 258 valence electrons. The summed E-state index contributed by atoms with van der Waals surface area (Å²) >= 11 is 0. The van der Waals surface area contributed by atoms with Crippen molar-refractivity contribution in [2.45, 2.75) is 0 Å². The van der Waals surface area contributed by atoms with Crippen molar-refractivity contribution in [3.05, 3.63) is 194 Å². The van der Waals surface area contributed by atoms with Gasteiger partial charge in [-0.2, -0.15) is 0 Å². The molecule has 2 aromatic heterocycles. The summed E-state index contributed by atoms with van der Waals surface area (Å²) in [6, 6.07) is 68.2. The van der Waals surface area contributed by atoms with E-state index in [-0.39, 0.29) is 0 Å². The van der Waals surface area contributed by atoms with Crippen LogP contribution in [0.4, 0.5) is 17.1 Å². The molecule has 0 fully saturated rings. The third kappa shape index (κ3) is 5.34. The Kier molecular flexibility index (Phi) is 7.14. The Balaban J connectivity index is 0.995. The zero-order valence-electron chi connectivity index (χ0n) is 29.7. The van der Waals surface area contributed by atoms with Gasteiger partial charge in [0.1, 0.15) is 16.7 Å². The van der Waals surface area contributed by atoms with Gasteiger partial charge >= 0.3 is 0 Å². The molecule has 2 heterocycles. The molecule has 55 heavy (non-hydrogen) atoms. The fourth-order valence-electron chi connectivity index (χ4n) is 7.96. The first-order valence-electron chi connectivity index (χ1n) is 18.5. The molecule has 11 aromatic rings. The highest BCUT2D eigenvalue weighted by atomic mass is 16.3. The lowest BCUT2D eigenvalue weighted by Crippen LogP contribution is -2.09. The normalized spacial score (nSPS) is 11.6. The summed E-state index contributed by atoms with van der Waals surface area (Å²) in [4.78, 5) is 7.20. The molecule has 0 atom stereocenters. The van der Waals surface area contributed by atoms with E-state index in [1.807, 2.05) is 42.5 Å². The molecule has 0 unspecified atom stereocenters. The fraction of sp³-hybridized carbons (Fsp3) is 0. The molecule has 0 aliphatic carbocycles. The molecule has 0 aliphatic heterocycles. The van der Waals surface area contributed by atoms with Crippen molar-refractivity contribution in [1.82, 2.24) is 4.98 Å². The molecule has 0 amide bonds. The Morgan fingerprint density at radius 3 is 1.84 bits per heavy atom. The van der Waals surface area contributed by atoms with Crippen LogP contribution in [-0.4, -0.2) is 4.98 Å². The summed E-state index contributed by atoms with van der Waals surface area (Å²) in [5.74, 6) is 0.630. The number of hydrogen-bond acceptors (Lipinski definition) is 4. The van der Waals surface area contributed by atoms with Crippen LogP contribution in [0.1, 0.15) is 0 Å². The van der Waals surface area contributed by atoms with Crippen LogP contribution in [0, 0.1) is 0 Å². The van der Waals surface area contributed by atoms with Crippen LogP contribution in [-0.2, 0) is 0 Å². The molecule has 9 aromatic carbocycles. The maximum atomic E-state index is 6.52. The summed E-state index contributed by atoms with van der Waals surface area (Å²) in [6.45, 7) is 0. The van der Waals surface area contributed by atoms with Crippen molar-refractivity contribution in [2.24, 2.45) is 0 Å². The zero-order chi connectivity index (χ0) is 36.3. The van der Waals surface area contributed by atoms with E-state index in [1.54, 1.807) is 0 Å². The van der Waals surface area contributed by atoms with Crippen LogP contribution in [0.5, 0.6) is 0 Å². The first-order chi connectivity index (χ1) is 27.2. The van der Waals surface area contributed by atoms with Crippen LogP contribution in [0.25, 0.3) is 88.3 Å². The summed E-state index contributed by atoms with van der Waals surface area (Å²) in [5, 5.41) is 6.76. The lowest BCUT2D eigenvalue weighted by molar-refractivity contribution is 0.623. The lowest BCUT2D eigenvalue weighted by atomic mass is 9.96.